The van der Waals surface area contributed by atoms with Crippen LogP contribution in [0.1, 0.15) is 62.8 Å². The minimum atomic E-state index is -0.778. The number of rotatable bonds is 13. The fourth-order valence-electron chi connectivity index (χ4n) is 4.61. The topological polar surface area (TPSA) is 88.5 Å². The van der Waals surface area contributed by atoms with Crippen molar-refractivity contribution in [3.63, 3.8) is 0 Å². The van der Waals surface area contributed by atoms with Gasteiger partial charge in [-0.2, -0.15) is 0 Å². The van der Waals surface area contributed by atoms with Gasteiger partial charge in [0.1, 0.15) is 11.5 Å². The molecule has 1 aliphatic rings. The lowest BCUT2D eigenvalue weighted by Crippen LogP contribution is -2.35. The van der Waals surface area contributed by atoms with Crippen LogP contribution < -0.4 is 14.2 Å². The molecule has 1 aliphatic heterocycles. The lowest BCUT2D eigenvalue weighted by Gasteiger charge is -2.27. The van der Waals surface area contributed by atoms with Crippen molar-refractivity contribution in [2.24, 2.45) is 0 Å². The molecule has 1 heterocycles. The van der Waals surface area contributed by atoms with Crippen molar-refractivity contribution in [3.05, 3.63) is 58.7 Å². The number of ketones is 1. The van der Waals surface area contributed by atoms with Crippen LogP contribution in [0.25, 0.3) is 5.76 Å². The van der Waals surface area contributed by atoms with Crippen LogP contribution in [0.4, 0.5) is 0 Å². The highest BCUT2D eigenvalue weighted by Gasteiger charge is 2.46. The number of ether oxygens (including phenoxy) is 3. The molecule has 8 nitrogen and oxygen atoms in total. The number of amides is 1. The number of aliphatic hydroxyl groups is 1. The van der Waals surface area contributed by atoms with Gasteiger partial charge in [-0.1, -0.05) is 25.8 Å². The van der Waals surface area contributed by atoms with Gasteiger partial charge >= 0.3 is 0 Å². The normalized spacial score (nSPS) is 16.8. The molecule has 2 aromatic carbocycles. The Bertz CT molecular complexity index is 1200. The first-order chi connectivity index (χ1) is 18.6. The maximum atomic E-state index is 13.4. The van der Waals surface area contributed by atoms with E-state index in [-0.39, 0.29) is 17.4 Å². The molecule has 0 spiro atoms. The van der Waals surface area contributed by atoms with E-state index >= 15 is 0 Å². The molecule has 1 unspecified atom stereocenters. The molecule has 1 N–H and O–H groups in total. The molecular formula is C31H42N2O6. The zero-order valence-corrected chi connectivity index (χ0v) is 24.2. The number of benzene rings is 2. The largest absolute Gasteiger partial charge is 0.507 e. The van der Waals surface area contributed by atoms with Crippen LogP contribution >= 0.6 is 0 Å². The Morgan fingerprint density at radius 2 is 1.77 bits per heavy atom. The molecule has 1 atom stereocenters. The van der Waals surface area contributed by atoms with E-state index < -0.39 is 17.7 Å². The number of hydrogen-bond donors (Lipinski definition) is 1. The zero-order chi connectivity index (χ0) is 28.7. The third-order valence-corrected chi connectivity index (χ3v) is 6.65. The minimum Gasteiger partial charge on any atom is -0.507 e. The highest BCUT2D eigenvalue weighted by Crippen LogP contribution is 2.42. The van der Waals surface area contributed by atoms with Crippen LogP contribution in [0.3, 0.4) is 0 Å². The Kier molecular flexibility index (Phi) is 10.4. The van der Waals surface area contributed by atoms with E-state index in [9.17, 15) is 14.7 Å². The maximum Gasteiger partial charge on any atom is 0.295 e. The Morgan fingerprint density at radius 3 is 2.38 bits per heavy atom. The predicted octanol–water partition coefficient (Wildman–Crippen LogP) is 5.34. The fourth-order valence-corrected chi connectivity index (χ4v) is 4.61. The number of unbranched alkanes of at least 4 members (excludes halogenated alkanes) is 2. The molecule has 8 heteroatoms. The smallest absolute Gasteiger partial charge is 0.295 e. The number of Topliss-reactive ketones (excluding diaryl/α,β-unsaturated/α-hetero) is 1. The molecule has 0 radical (unpaired) electrons. The molecule has 0 bridgehead atoms. The minimum absolute atomic E-state index is 0.00116. The number of methoxy groups -OCH3 is 1. The number of hydrogen-bond acceptors (Lipinski definition) is 7. The van der Waals surface area contributed by atoms with Gasteiger partial charge in [-0.15, -0.1) is 0 Å². The SMILES string of the molecule is CCCCCOc1ccc(C2C(=C(O)c3ccc(OC(C)C)c(C)c3)C(=O)C(=O)N2CCN(C)C)cc1OC. The number of aliphatic hydroxyl groups excluding tert-OH is 1. The lowest BCUT2D eigenvalue weighted by molar-refractivity contribution is -0.140. The fraction of sp³-hybridized carbons (Fsp3) is 0.484. The lowest BCUT2D eigenvalue weighted by atomic mass is 9.94. The number of carbonyl (C=O) groups excluding carboxylic acids is 2. The standard InChI is InChI=1S/C31H42N2O6/c1-8-9-10-17-38-25-14-11-22(19-26(25)37-7)28-27(30(35)31(36)33(28)16-15-32(5)6)29(34)23-12-13-24(21(4)18-23)39-20(2)3/h11-14,18-20,28,34H,8-10,15-17H2,1-7H3. The highest BCUT2D eigenvalue weighted by molar-refractivity contribution is 6.46. The molecule has 0 saturated carbocycles. The van der Waals surface area contributed by atoms with Gasteiger partial charge < -0.3 is 29.1 Å². The molecule has 1 saturated heterocycles. The molecule has 3 rings (SSSR count). The van der Waals surface area contributed by atoms with Crippen molar-refractivity contribution < 1.29 is 28.9 Å². The predicted molar refractivity (Wildman–Crippen MR) is 153 cm³/mol. The van der Waals surface area contributed by atoms with Crippen LogP contribution in [-0.4, -0.2) is 73.6 Å². The van der Waals surface area contributed by atoms with Crippen LogP contribution in [0.5, 0.6) is 17.2 Å². The number of likely N-dealkylation sites (tertiary alicyclic amines) is 1. The summed E-state index contributed by atoms with van der Waals surface area (Å²) in [7, 11) is 5.37. The Balaban J connectivity index is 2.08. The van der Waals surface area contributed by atoms with E-state index in [1.807, 2.05) is 45.8 Å². The third kappa shape index (κ3) is 7.12. The van der Waals surface area contributed by atoms with Crippen LogP contribution in [0.15, 0.2) is 42.0 Å². The van der Waals surface area contributed by atoms with Gasteiger partial charge in [0.2, 0.25) is 0 Å². The van der Waals surface area contributed by atoms with Crippen LogP contribution in [0.2, 0.25) is 0 Å². The van der Waals surface area contributed by atoms with E-state index in [4.69, 9.17) is 14.2 Å². The third-order valence-electron chi connectivity index (χ3n) is 6.65. The summed E-state index contributed by atoms with van der Waals surface area (Å²) < 4.78 is 17.4. The van der Waals surface area contributed by atoms with Crippen molar-refractivity contribution in [2.45, 2.75) is 59.1 Å². The van der Waals surface area contributed by atoms with E-state index in [2.05, 4.69) is 6.92 Å². The van der Waals surface area contributed by atoms with Gasteiger partial charge in [0.15, 0.2) is 11.5 Å². The van der Waals surface area contributed by atoms with Gasteiger partial charge in [-0.25, -0.2) is 0 Å². The summed E-state index contributed by atoms with van der Waals surface area (Å²) in [5.41, 5.74) is 1.97. The first-order valence-electron chi connectivity index (χ1n) is 13.6. The Labute approximate surface area is 232 Å². The number of carbonyl (C=O) groups is 2. The summed E-state index contributed by atoms with van der Waals surface area (Å²) in [5, 5.41) is 11.5. The summed E-state index contributed by atoms with van der Waals surface area (Å²) in [6, 6.07) is 9.88. The Morgan fingerprint density at radius 1 is 1.05 bits per heavy atom. The van der Waals surface area contributed by atoms with Crippen molar-refractivity contribution >= 4 is 17.4 Å². The molecule has 2 aromatic rings. The molecular weight excluding hydrogens is 496 g/mol. The molecule has 1 amide bonds. The monoisotopic (exact) mass is 538 g/mol. The molecule has 212 valence electrons. The summed E-state index contributed by atoms with van der Waals surface area (Å²) in [4.78, 5) is 30.1. The van der Waals surface area contributed by atoms with Crippen LogP contribution in [0, 0.1) is 6.92 Å². The van der Waals surface area contributed by atoms with E-state index in [0.717, 1.165) is 24.8 Å². The summed E-state index contributed by atoms with van der Waals surface area (Å²) in [6.07, 6.45) is 3.11. The quantitative estimate of drug-likeness (QED) is 0.159. The van der Waals surface area contributed by atoms with Crippen molar-refractivity contribution in [2.75, 3.05) is 40.9 Å². The second-order valence-corrected chi connectivity index (χ2v) is 10.4. The van der Waals surface area contributed by atoms with Crippen molar-refractivity contribution in [1.29, 1.82) is 0 Å². The van der Waals surface area contributed by atoms with Gasteiger partial charge in [-0.3, -0.25) is 9.59 Å². The second-order valence-electron chi connectivity index (χ2n) is 10.4. The number of nitrogens with zero attached hydrogens (tertiary/aromatic N) is 2. The van der Waals surface area contributed by atoms with Crippen molar-refractivity contribution in [1.82, 2.24) is 9.80 Å². The Hall–Kier alpha value is -3.52. The summed E-state index contributed by atoms with van der Waals surface area (Å²) >= 11 is 0. The second kappa shape index (κ2) is 13.5. The summed E-state index contributed by atoms with van der Waals surface area (Å²) in [5.74, 6) is 0.230. The van der Waals surface area contributed by atoms with Gasteiger partial charge in [0.05, 0.1) is 31.4 Å². The zero-order valence-electron chi connectivity index (χ0n) is 24.2. The highest BCUT2D eigenvalue weighted by atomic mass is 16.5. The molecule has 39 heavy (non-hydrogen) atoms. The van der Waals surface area contributed by atoms with Gasteiger partial charge in [0.25, 0.3) is 11.7 Å². The van der Waals surface area contributed by atoms with Gasteiger partial charge in [0, 0.05) is 18.7 Å². The van der Waals surface area contributed by atoms with E-state index in [0.29, 0.717) is 48.1 Å². The number of aryl methyl sites for hydroxylation is 1. The van der Waals surface area contributed by atoms with E-state index in [1.165, 1.54) is 4.90 Å². The maximum absolute atomic E-state index is 13.4. The van der Waals surface area contributed by atoms with Gasteiger partial charge in [-0.05, 0) is 82.7 Å². The van der Waals surface area contributed by atoms with Crippen molar-refractivity contribution in [3.8, 4) is 17.2 Å². The molecule has 0 aromatic heterocycles. The number of likely N-dealkylation sites (N-methyl/N-ethyl adjacent to an activating group) is 1. The average molecular weight is 539 g/mol. The average Bonchev–Trinajstić information content (AvgIpc) is 3.15. The first kappa shape index (κ1) is 30.0. The first-order valence-corrected chi connectivity index (χ1v) is 13.6. The molecule has 0 aliphatic carbocycles. The van der Waals surface area contributed by atoms with E-state index in [1.54, 1.807) is 37.4 Å². The summed E-state index contributed by atoms with van der Waals surface area (Å²) in [6.45, 7) is 9.34. The molecule has 1 fully saturated rings. The van der Waals surface area contributed by atoms with Crippen LogP contribution in [-0.2, 0) is 9.59 Å².